The smallest absolute Gasteiger partial charge is 0.224 e. The number of nitriles is 2. The lowest BCUT2D eigenvalue weighted by Gasteiger charge is -2.30. The SMILES string of the molecule is CCC(C)(C)c1ccc(OCCCC(=O)Nc2ccc(Cl)c(N=C(C#N)CC#N)c2)c(C(C)(C)CC)c1. The van der Waals surface area contributed by atoms with Gasteiger partial charge in [0.2, 0.25) is 5.91 Å². The molecule has 0 atom stereocenters. The largest absolute Gasteiger partial charge is 0.493 e. The molecule has 0 aliphatic heterocycles. The normalized spacial score (nSPS) is 12.0. The average molecular weight is 521 g/mol. The summed E-state index contributed by atoms with van der Waals surface area (Å²) in [6.07, 6.45) is 2.77. The summed E-state index contributed by atoms with van der Waals surface area (Å²) in [4.78, 5) is 16.7. The highest BCUT2D eigenvalue weighted by molar-refractivity contribution is 6.33. The molecule has 0 aliphatic rings. The fraction of sp³-hybridized carbons (Fsp3) is 0.467. The molecule has 0 heterocycles. The molecule has 37 heavy (non-hydrogen) atoms. The van der Waals surface area contributed by atoms with Gasteiger partial charge in [0.1, 0.15) is 17.5 Å². The molecule has 2 rings (SSSR count). The lowest BCUT2D eigenvalue weighted by molar-refractivity contribution is -0.116. The van der Waals surface area contributed by atoms with Gasteiger partial charge in [0.15, 0.2) is 0 Å². The van der Waals surface area contributed by atoms with E-state index in [2.05, 4.69) is 70.1 Å². The summed E-state index contributed by atoms with van der Waals surface area (Å²) in [5.41, 5.74) is 3.47. The highest BCUT2D eigenvalue weighted by Gasteiger charge is 2.26. The molecular formula is C30H37ClN4O2. The first-order valence-corrected chi connectivity index (χ1v) is 13.1. The highest BCUT2D eigenvalue weighted by Crippen LogP contribution is 2.38. The van der Waals surface area contributed by atoms with Crippen LogP contribution in [0.1, 0.15) is 84.8 Å². The Hall–Kier alpha value is -3.35. The van der Waals surface area contributed by atoms with Crippen molar-refractivity contribution in [3.63, 3.8) is 0 Å². The number of nitrogens with zero attached hydrogens (tertiary/aromatic N) is 3. The van der Waals surface area contributed by atoms with Crippen molar-refractivity contribution in [1.82, 2.24) is 0 Å². The number of amides is 1. The number of nitrogens with one attached hydrogen (secondary N) is 1. The molecule has 2 aromatic carbocycles. The minimum Gasteiger partial charge on any atom is -0.493 e. The number of hydrogen-bond acceptors (Lipinski definition) is 5. The van der Waals surface area contributed by atoms with Crippen LogP contribution in [0.15, 0.2) is 41.4 Å². The number of benzene rings is 2. The Morgan fingerprint density at radius 2 is 1.76 bits per heavy atom. The first-order valence-electron chi connectivity index (χ1n) is 12.7. The van der Waals surface area contributed by atoms with Crippen LogP contribution in [-0.4, -0.2) is 18.2 Å². The number of hydrogen-bond donors (Lipinski definition) is 1. The molecule has 0 unspecified atom stereocenters. The maximum atomic E-state index is 12.5. The minimum atomic E-state index is -0.160. The van der Waals surface area contributed by atoms with Gasteiger partial charge in [-0.1, -0.05) is 65.3 Å². The summed E-state index contributed by atoms with van der Waals surface area (Å²) >= 11 is 6.16. The monoisotopic (exact) mass is 520 g/mol. The van der Waals surface area contributed by atoms with E-state index in [4.69, 9.17) is 26.9 Å². The van der Waals surface area contributed by atoms with Crippen molar-refractivity contribution in [2.24, 2.45) is 4.99 Å². The van der Waals surface area contributed by atoms with Crippen molar-refractivity contribution in [2.75, 3.05) is 11.9 Å². The van der Waals surface area contributed by atoms with E-state index in [9.17, 15) is 4.79 Å². The second-order valence-corrected chi connectivity index (χ2v) is 10.8. The van der Waals surface area contributed by atoms with Gasteiger partial charge >= 0.3 is 0 Å². The van der Waals surface area contributed by atoms with Gasteiger partial charge in [0.05, 0.1) is 29.8 Å². The van der Waals surface area contributed by atoms with Crippen LogP contribution in [0.2, 0.25) is 5.02 Å². The number of carbonyl (C=O) groups is 1. The second-order valence-electron chi connectivity index (χ2n) is 10.4. The minimum absolute atomic E-state index is 0.0278. The summed E-state index contributed by atoms with van der Waals surface area (Å²) in [7, 11) is 0. The predicted molar refractivity (Wildman–Crippen MR) is 151 cm³/mol. The second kappa shape index (κ2) is 13.3. The lowest BCUT2D eigenvalue weighted by atomic mass is 9.76. The number of aliphatic imine (C=N–C) groups is 1. The number of halogens is 1. The number of rotatable bonds is 12. The quantitative estimate of drug-likeness (QED) is 0.226. The van der Waals surface area contributed by atoms with Crippen molar-refractivity contribution in [3.8, 4) is 17.9 Å². The van der Waals surface area contributed by atoms with Crippen LogP contribution in [0, 0.1) is 22.7 Å². The predicted octanol–water partition coefficient (Wildman–Crippen LogP) is 8.02. The fourth-order valence-electron chi connectivity index (χ4n) is 3.64. The molecule has 196 valence electrons. The summed E-state index contributed by atoms with van der Waals surface area (Å²) in [6, 6.07) is 15.1. The molecule has 1 N–H and O–H groups in total. The van der Waals surface area contributed by atoms with Crippen molar-refractivity contribution >= 4 is 34.6 Å². The Kier molecular flexibility index (Phi) is 10.7. The van der Waals surface area contributed by atoms with E-state index < -0.39 is 0 Å². The van der Waals surface area contributed by atoms with Gasteiger partial charge in [0, 0.05) is 17.7 Å². The summed E-state index contributed by atoms with van der Waals surface area (Å²) in [5, 5.41) is 21.1. The van der Waals surface area contributed by atoms with Gasteiger partial charge in [-0.2, -0.15) is 10.5 Å². The van der Waals surface area contributed by atoms with Gasteiger partial charge in [-0.15, -0.1) is 0 Å². The third-order valence-electron chi connectivity index (χ3n) is 6.92. The average Bonchev–Trinajstić information content (AvgIpc) is 2.88. The third-order valence-corrected chi connectivity index (χ3v) is 7.24. The molecule has 0 bridgehead atoms. The summed E-state index contributed by atoms with van der Waals surface area (Å²) in [6.45, 7) is 13.8. The van der Waals surface area contributed by atoms with Crippen LogP contribution in [0.5, 0.6) is 5.75 Å². The van der Waals surface area contributed by atoms with Crippen LogP contribution in [0.4, 0.5) is 11.4 Å². The Labute approximate surface area is 226 Å². The van der Waals surface area contributed by atoms with Gasteiger partial charge in [-0.25, -0.2) is 4.99 Å². The Bertz CT molecular complexity index is 1220. The molecule has 2 aromatic rings. The molecule has 0 spiro atoms. The van der Waals surface area contributed by atoms with Crippen LogP contribution in [-0.2, 0) is 15.6 Å². The third kappa shape index (κ3) is 8.34. The first-order chi connectivity index (χ1) is 17.5. The number of anilines is 1. The van der Waals surface area contributed by atoms with Crippen molar-refractivity contribution in [1.29, 1.82) is 10.5 Å². The molecule has 0 aliphatic carbocycles. The number of carbonyl (C=O) groups excluding carboxylic acids is 1. The van der Waals surface area contributed by atoms with E-state index in [0.717, 1.165) is 18.6 Å². The van der Waals surface area contributed by atoms with Crippen LogP contribution >= 0.6 is 11.6 Å². The van der Waals surface area contributed by atoms with E-state index in [1.807, 2.05) is 12.1 Å². The van der Waals surface area contributed by atoms with E-state index in [0.29, 0.717) is 29.4 Å². The van der Waals surface area contributed by atoms with E-state index in [-0.39, 0.29) is 35.3 Å². The molecule has 7 heteroatoms. The van der Waals surface area contributed by atoms with Crippen molar-refractivity contribution in [3.05, 3.63) is 52.5 Å². The van der Waals surface area contributed by atoms with E-state index in [1.165, 1.54) is 11.1 Å². The summed E-state index contributed by atoms with van der Waals surface area (Å²) < 4.78 is 6.17. The molecular weight excluding hydrogens is 484 g/mol. The van der Waals surface area contributed by atoms with Gasteiger partial charge in [-0.05, 0) is 59.9 Å². The Morgan fingerprint density at radius 3 is 2.38 bits per heavy atom. The Balaban J connectivity index is 2.04. The standard InChI is InChI=1S/C30H37ClN4O2/c1-7-29(3,4)21-11-14-27(24(18-21)30(5,6)8-2)37-17-9-10-28(36)35-22-12-13-25(31)26(19-22)34-23(20-33)15-16-32/h11-14,18-19H,7-10,15,17H2,1-6H3,(H,35,36). The van der Waals surface area contributed by atoms with Gasteiger partial charge in [-0.3, -0.25) is 4.79 Å². The topological polar surface area (TPSA) is 98.3 Å². The van der Waals surface area contributed by atoms with Crippen LogP contribution in [0.25, 0.3) is 0 Å². The van der Waals surface area contributed by atoms with Crippen molar-refractivity contribution in [2.45, 2.75) is 84.5 Å². The van der Waals surface area contributed by atoms with E-state index >= 15 is 0 Å². The maximum Gasteiger partial charge on any atom is 0.224 e. The molecule has 0 aromatic heterocycles. The molecule has 1 amide bonds. The zero-order chi connectivity index (χ0) is 27.6. The number of ether oxygens (including phenoxy) is 1. The fourth-order valence-corrected chi connectivity index (χ4v) is 3.80. The van der Waals surface area contributed by atoms with Gasteiger partial charge in [0.25, 0.3) is 0 Å². The Morgan fingerprint density at radius 1 is 1.05 bits per heavy atom. The van der Waals surface area contributed by atoms with Crippen molar-refractivity contribution < 1.29 is 9.53 Å². The molecule has 0 saturated carbocycles. The van der Waals surface area contributed by atoms with Gasteiger partial charge < -0.3 is 10.1 Å². The molecule has 0 radical (unpaired) electrons. The zero-order valence-electron chi connectivity index (χ0n) is 22.7. The van der Waals surface area contributed by atoms with Crippen LogP contribution < -0.4 is 10.1 Å². The maximum absolute atomic E-state index is 12.5. The summed E-state index contributed by atoms with van der Waals surface area (Å²) in [5.74, 6) is 0.710. The first kappa shape index (κ1) is 29.9. The zero-order valence-corrected chi connectivity index (χ0v) is 23.5. The van der Waals surface area contributed by atoms with E-state index in [1.54, 1.807) is 18.2 Å². The molecule has 6 nitrogen and oxygen atoms in total. The molecule has 0 saturated heterocycles. The lowest BCUT2D eigenvalue weighted by Crippen LogP contribution is -2.21. The molecule has 0 fully saturated rings. The van der Waals surface area contributed by atoms with Crippen LogP contribution in [0.3, 0.4) is 0 Å². The highest BCUT2D eigenvalue weighted by atomic mass is 35.5.